The van der Waals surface area contributed by atoms with E-state index in [2.05, 4.69) is 108 Å². The smallest absolute Gasteiger partial charge is 0.228 e. The highest BCUT2D eigenvalue weighted by molar-refractivity contribution is 6.17. The van der Waals surface area contributed by atoms with Gasteiger partial charge in [0.2, 0.25) is 5.69 Å². The number of nitrogens with zero attached hydrogens (tertiary/aromatic N) is 1. The van der Waals surface area contributed by atoms with Crippen molar-refractivity contribution in [2.24, 2.45) is 24.3 Å². The van der Waals surface area contributed by atoms with Crippen molar-refractivity contribution in [3.8, 4) is 22.8 Å². The monoisotopic (exact) mass is 556 g/mol. The van der Waals surface area contributed by atoms with E-state index in [-0.39, 0.29) is 5.41 Å². The average Bonchev–Trinajstić information content (AvgIpc) is 3.44. The molecule has 0 bridgehead atoms. The second-order valence-corrected chi connectivity index (χ2v) is 14.9. The number of hydrogen-bond acceptors (Lipinski definition) is 1. The molecule has 4 aromatic carbocycles. The highest BCUT2D eigenvalue weighted by Gasteiger charge is 2.34. The van der Waals surface area contributed by atoms with E-state index in [1.807, 2.05) is 0 Å². The summed E-state index contributed by atoms with van der Waals surface area (Å²) in [5.41, 5.74) is 8.41. The maximum absolute atomic E-state index is 7.10. The van der Waals surface area contributed by atoms with Crippen LogP contribution in [0.25, 0.3) is 43.6 Å². The van der Waals surface area contributed by atoms with Gasteiger partial charge in [0.1, 0.15) is 18.5 Å². The van der Waals surface area contributed by atoms with Gasteiger partial charge in [-0.1, -0.05) is 96.7 Å². The Balaban J connectivity index is 1.54. The van der Waals surface area contributed by atoms with E-state index < -0.39 is 0 Å². The molecule has 42 heavy (non-hydrogen) atoms. The zero-order valence-electron chi connectivity index (χ0n) is 26.7. The van der Waals surface area contributed by atoms with Crippen LogP contribution in [0, 0.1) is 24.2 Å². The molecule has 0 saturated heterocycles. The maximum atomic E-state index is 7.10. The predicted octanol–water partition coefficient (Wildman–Crippen LogP) is 10.6. The number of fused-ring (bicyclic) bond motifs is 5. The number of pyridine rings is 1. The minimum Gasteiger partial charge on any atom is -0.455 e. The molecule has 2 aliphatic rings. The zero-order chi connectivity index (χ0) is 29.3. The fraction of sp³-hybridized carbons (Fsp3) is 0.425. The van der Waals surface area contributed by atoms with Crippen molar-refractivity contribution in [3.63, 3.8) is 0 Å². The van der Waals surface area contributed by atoms with E-state index in [0.717, 1.165) is 30.3 Å². The van der Waals surface area contributed by atoms with Crippen LogP contribution in [0.4, 0.5) is 0 Å². The number of hydrogen-bond donors (Lipinski definition) is 0. The van der Waals surface area contributed by atoms with Crippen LogP contribution >= 0.6 is 0 Å². The Labute approximate surface area is 251 Å². The molecule has 2 nitrogen and oxygen atoms in total. The molecular weight excluding hydrogens is 510 g/mol. The van der Waals surface area contributed by atoms with Crippen molar-refractivity contribution in [1.82, 2.24) is 0 Å². The van der Waals surface area contributed by atoms with Gasteiger partial charge >= 0.3 is 0 Å². The third-order valence-corrected chi connectivity index (χ3v) is 9.78. The van der Waals surface area contributed by atoms with Crippen molar-refractivity contribution < 1.29 is 9.30 Å². The van der Waals surface area contributed by atoms with Crippen molar-refractivity contribution in [1.29, 1.82) is 0 Å². The summed E-state index contributed by atoms with van der Waals surface area (Å²) in [5, 5.41) is 8.04. The van der Waals surface area contributed by atoms with Crippen LogP contribution in [-0.2, 0) is 26.3 Å². The Morgan fingerprint density at radius 3 is 2.45 bits per heavy atom. The van der Waals surface area contributed by atoms with E-state index in [9.17, 15) is 0 Å². The van der Waals surface area contributed by atoms with Crippen LogP contribution in [0.5, 0.6) is 11.5 Å². The average molecular weight is 557 g/mol. The van der Waals surface area contributed by atoms with Gasteiger partial charge in [-0.25, -0.2) is 4.57 Å². The summed E-state index contributed by atoms with van der Waals surface area (Å²) in [7, 11) is 2.21. The molecule has 0 atom stereocenters. The Kier molecular flexibility index (Phi) is 6.61. The van der Waals surface area contributed by atoms with Crippen molar-refractivity contribution in [2.45, 2.75) is 86.5 Å². The summed E-state index contributed by atoms with van der Waals surface area (Å²) in [6, 6.07) is 18.8. The van der Waals surface area contributed by atoms with E-state index in [4.69, 9.17) is 4.74 Å². The van der Waals surface area contributed by atoms with E-state index in [1.54, 1.807) is 0 Å². The maximum Gasteiger partial charge on any atom is 0.228 e. The molecule has 0 radical (unpaired) electrons. The minimum absolute atomic E-state index is 0.244. The molecule has 0 N–H and O–H groups in total. The third-order valence-electron chi connectivity index (χ3n) is 9.78. The summed E-state index contributed by atoms with van der Waals surface area (Å²) < 4.78 is 9.45. The number of aryl methyl sites for hydroxylation is 2. The second kappa shape index (κ2) is 10.1. The number of rotatable bonds is 5. The SMILES string of the molecule is Cc1c2c(c(CC(C)C)c3ccc(CC(C)(C)C)cc13)Oc1cc3cccc(CC4CCCC4)c3c3cc[n+](C)c-2c13. The van der Waals surface area contributed by atoms with Gasteiger partial charge in [-0.2, -0.15) is 0 Å². The van der Waals surface area contributed by atoms with Crippen molar-refractivity contribution >= 4 is 32.3 Å². The van der Waals surface area contributed by atoms with Gasteiger partial charge in [0.05, 0.1) is 10.9 Å². The van der Waals surface area contributed by atoms with Gasteiger partial charge < -0.3 is 4.74 Å². The Morgan fingerprint density at radius 1 is 0.929 bits per heavy atom. The van der Waals surface area contributed by atoms with Gasteiger partial charge in [0, 0.05) is 17.0 Å². The molecule has 1 aliphatic heterocycles. The van der Waals surface area contributed by atoms with Gasteiger partial charge in [-0.15, -0.1) is 0 Å². The number of ether oxygens (including phenoxy) is 1. The molecule has 0 amide bonds. The molecule has 0 unspecified atom stereocenters. The van der Waals surface area contributed by atoms with Gasteiger partial charge in [0.25, 0.3) is 0 Å². The van der Waals surface area contributed by atoms with Crippen LogP contribution in [-0.4, -0.2) is 0 Å². The minimum atomic E-state index is 0.244. The van der Waals surface area contributed by atoms with E-state index in [1.165, 1.54) is 97.9 Å². The van der Waals surface area contributed by atoms with Crippen LogP contribution in [0.1, 0.15) is 82.6 Å². The first-order valence-electron chi connectivity index (χ1n) is 16.2. The van der Waals surface area contributed by atoms with Crippen LogP contribution in [0.15, 0.2) is 54.7 Å². The molecule has 5 aromatic rings. The molecular formula is C40H46NO+. The van der Waals surface area contributed by atoms with E-state index >= 15 is 0 Å². The summed E-state index contributed by atoms with van der Waals surface area (Å²) in [6.45, 7) is 14.0. The lowest BCUT2D eigenvalue weighted by atomic mass is 9.83. The van der Waals surface area contributed by atoms with E-state index in [0.29, 0.717) is 5.92 Å². The molecule has 7 rings (SSSR count). The summed E-state index contributed by atoms with van der Waals surface area (Å²) in [5.74, 6) is 3.40. The first-order chi connectivity index (χ1) is 20.1. The summed E-state index contributed by atoms with van der Waals surface area (Å²) in [4.78, 5) is 0. The molecule has 2 heterocycles. The highest BCUT2D eigenvalue weighted by atomic mass is 16.5. The molecule has 1 aliphatic carbocycles. The standard InChI is InChI=1S/C40H46NO/c1-24(2)19-33-30-16-15-27(23-40(4,5)6)21-32(30)25(3)35-38-37-31(17-18-41(38)7)36-28(20-26-11-8-9-12-26)13-10-14-29(36)22-34(37)42-39(33)35/h10,13-18,21-22,24,26H,8-9,11-12,19-20,23H2,1-7H3/q+1. The van der Waals surface area contributed by atoms with Gasteiger partial charge in [0.15, 0.2) is 6.20 Å². The topological polar surface area (TPSA) is 13.1 Å². The highest BCUT2D eigenvalue weighted by Crippen LogP contribution is 2.53. The normalized spacial score (nSPS) is 15.2. The molecule has 2 heteroatoms. The Hall–Kier alpha value is -3.39. The van der Waals surface area contributed by atoms with Gasteiger partial charge in [-0.3, -0.25) is 0 Å². The molecule has 1 aromatic heterocycles. The summed E-state index contributed by atoms with van der Waals surface area (Å²) in [6.07, 6.45) is 11.0. The van der Waals surface area contributed by atoms with Crippen molar-refractivity contribution in [2.75, 3.05) is 0 Å². The van der Waals surface area contributed by atoms with Crippen LogP contribution in [0.2, 0.25) is 0 Å². The largest absolute Gasteiger partial charge is 0.455 e. The predicted molar refractivity (Wildman–Crippen MR) is 178 cm³/mol. The lowest BCUT2D eigenvalue weighted by Gasteiger charge is -2.27. The quantitative estimate of drug-likeness (QED) is 0.152. The fourth-order valence-corrected chi connectivity index (χ4v) is 8.05. The Morgan fingerprint density at radius 2 is 1.71 bits per heavy atom. The molecule has 216 valence electrons. The fourth-order valence-electron chi connectivity index (χ4n) is 8.05. The van der Waals surface area contributed by atoms with Crippen LogP contribution < -0.4 is 9.30 Å². The Bertz CT molecular complexity index is 1860. The second-order valence-electron chi connectivity index (χ2n) is 14.9. The van der Waals surface area contributed by atoms with Gasteiger partial charge in [-0.05, 0) is 87.7 Å². The van der Waals surface area contributed by atoms with Crippen LogP contribution in [0.3, 0.4) is 0 Å². The lowest BCUT2D eigenvalue weighted by molar-refractivity contribution is -0.659. The molecule has 1 fully saturated rings. The van der Waals surface area contributed by atoms with Crippen molar-refractivity contribution in [3.05, 3.63) is 77.0 Å². The third kappa shape index (κ3) is 4.59. The lowest BCUT2D eigenvalue weighted by Crippen LogP contribution is -2.32. The number of benzene rings is 4. The first kappa shape index (κ1) is 27.4. The number of aromatic nitrogens is 1. The first-order valence-corrected chi connectivity index (χ1v) is 16.2. The summed E-state index contributed by atoms with van der Waals surface area (Å²) >= 11 is 0. The molecule has 0 spiro atoms. The molecule has 1 saturated carbocycles. The zero-order valence-corrected chi connectivity index (χ0v) is 26.7.